The predicted molar refractivity (Wildman–Crippen MR) is 113 cm³/mol. The molecule has 0 fully saturated rings. The van der Waals surface area contributed by atoms with Gasteiger partial charge in [0.2, 0.25) is 0 Å². The first-order valence-corrected chi connectivity index (χ1v) is 10.3. The van der Waals surface area contributed by atoms with Crippen molar-refractivity contribution in [2.75, 3.05) is 26.1 Å². The van der Waals surface area contributed by atoms with Crippen LogP contribution in [-0.4, -0.2) is 41.5 Å². The van der Waals surface area contributed by atoms with Crippen molar-refractivity contribution < 1.29 is 23.6 Å². The Morgan fingerprint density at radius 1 is 1.29 bits per heavy atom. The van der Waals surface area contributed by atoms with Gasteiger partial charge in [0.05, 0.1) is 26.0 Å². The van der Waals surface area contributed by atoms with E-state index >= 15 is 0 Å². The van der Waals surface area contributed by atoms with E-state index in [-0.39, 0.29) is 5.76 Å². The third-order valence-corrected chi connectivity index (χ3v) is 5.76. The topological polar surface area (TPSA) is 120 Å². The van der Waals surface area contributed by atoms with Gasteiger partial charge in [0, 0.05) is 25.0 Å². The van der Waals surface area contributed by atoms with Crippen molar-refractivity contribution in [3.8, 4) is 11.5 Å². The van der Waals surface area contributed by atoms with Gasteiger partial charge in [0.15, 0.2) is 22.4 Å². The summed E-state index contributed by atoms with van der Waals surface area (Å²) in [6, 6.07) is 6.44. The summed E-state index contributed by atoms with van der Waals surface area (Å²) < 4.78 is 15.7. The Hall–Kier alpha value is -3.44. The van der Waals surface area contributed by atoms with Crippen molar-refractivity contribution in [2.45, 2.75) is 19.5 Å². The van der Waals surface area contributed by atoms with Gasteiger partial charge in [-0.2, -0.15) is 0 Å². The zero-order valence-electron chi connectivity index (χ0n) is 16.9. The van der Waals surface area contributed by atoms with Gasteiger partial charge in [-0.3, -0.25) is 25.1 Å². The average molecular weight is 444 g/mol. The molecule has 10 nitrogen and oxygen atoms in total. The normalized spacial score (nSPS) is 13.5. The number of carbonyl (C=O) groups excluding carboxylic acids is 1. The Bertz CT molecular complexity index is 1120. The number of amides is 1. The fraction of sp³-hybridized carbons (Fsp3) is 0.300. The van der Waals surface area contributed by atoms with Crippen molar-refractivity contribution in [2.24, 2.45) is 0 Å². The van der Waals surface area contributed by atoms with Crippen LogP contribution in [0.4, 0.5) is 11.0 Å². The molecule has 0 unspecified atom stereocenters. The number of rotatable bonds is 7. The van der Waals surface area contributed by atoms with E-state index in [1.165, 1.54) is 28.5 Å². The summed E-state index contributed by atoms with van der Waals surface area (Å²) in [7, 11) is 3.25. The maximum atomic E-state index is 12.2. The Labute approximate surface area is 181 Å². The fourth-order valence-corrected chi connectivity index (χ4v) is 4.15. The fourth-order valence-electron chi connectivity index (χ4n) is 3.45. The standard InChI is InChI=1S/C20H20N4O6S/c1-28-16-7-12-5-6-23(9-13(12)8-17(16)29-2)10-14-11-31-20(21-14)22-19(25)15-3-4-18(30-15)24(26)27/h3-4,7-8,11H,5-6,9-10H2,1-2H3,(H,21,22,25). The highest BCUT2D eigenvalue weighted by Gasteiger charge is 2.21. The number of furan rings is 1. The van der Waals surface area contributed by atoms with Crippen molar-refractivity contribution in [1.29, 1.82) is 0 Å². The van der Waals surface area contributed by atoms with Crippen LogP contribution in [0.5, 0.6) is 11.5 Å². The van der Waals surface area contributed by atoms with Crippen molar-refractivity contribution >= 4 is 28.3 Å². The quantitative estimate of drug-likeness (QED) is 0.434. The lowest BCUT2D eigenvalue weighted by Gasteiger charge is -2.29. The van der Waals surface area contributed by atoms with Crippen LogP contribution in [0.3, 0.4) is 0 Å². The first-order chi connectivity index (χ1) is 15.0. The number of nitrogens with one attached hydrogen (secondary N) is 1. The van der Waals surface area contributed by atoms with E-state index in [9.17, 15) is 14.9 Å². The zero-order chi connectivity index (χ0) is 22.0. The molecule has 1 amide bonds. The number of aromatic nitrogens is 1. The minimum absolute atomic E-state index is 0.138. The maximum absolute atomic E-state index is 12.2. The molecule has 1 aliphatic heterocycles. The number of nitro groups is 1. The van der Waals surface area contributed by atoms with Crippen LogP contribution >= 0.6 is 11.3 Å². The highest BCUT2D eigenvalue weighted by atomic mass is 32.1. The van der Waals surface area contributed by atoms with Crippen LogP contribution in [0, 0.1) is 10.1 Å². The molecule has 4 rings (SSSR count). The lowest BCUT2D eigenvalue weighted by molar-refractivity contribution is -0.402. The van der Waals surface area contributed by atoms with Crippen molar-refractivity contribution in [3.05, 3.63) is 62.3 Å². The number of anilines is 1. The SMILES string of the molecule is COc1cc2c(cc1OC)CN(Cc1csc(NC(=O)c3ccc([N+](=O)[O-])o3)n1)CC2. The van der Waals surface area contributed by atoms with Gasteiger partial charge in [-0.15, -0.1) is 11.3 Å². The number of carbonyl (C=O) groups is 1. The molecule has 3 aromatic rings. The molecule has 31 heavy (non-hydrogen) atoms. The summed E-state index contributed by atoms with van der Waals surface area (Å²) in [5.41, 5.74) is 3.26. The summed E-state index contributed by atoms with van der Waals surface area (Å²) in [4.78, 5) is 28.9. The molecule has 0 saturated heterocycles. The molecule has 1 N–H and O–H groups in total. The zero-order valence-corrected chi connectivity index (χ0v) is 17.7. The van der Waals surface area contributed by atoms with Crippen LogP contribution in [0.25, 0.3) is 0 Å². The summed E-state index contributed by atoms with van der Waals surface area (Å²) in [6.45, 7) is 2.26. The van der Waals surface area contributed by atoms with Gasteiger partial charge in [-0.1, -0.05) is 0 Å². The highest BCUT2D eigenvalue weighted by Crippen LogP contribution is 2.33. The van der Waals surface area contributed by atoms with Crippen LogP contribution in [-0.2, 0) is 19.5 Å². The highest BCUT2D eigenvalue weighted by molar-refractivity contribution is 7.13. The first-order valence-electron chi connectivity index (χ1n) is 9.43. The molecule has 0 saturated carbocycles. The molecule has 0 spiro atoms. The molecule has 1 aromatic carbocycles. The van der Waals surface area contributed by atoms with E-state index in [1.807, 2.05) is 17.5 Å². The second-order valence-corrected chi connectivity index (χ2v) is 7.79. The lowest BCUT2D eigenvalue weighted by Crippen LogP contribution is -2.30. The molecular weight excluding hydrogens is 424 g/mol. The van der Waals surface area contributed by atoms with Crippen molar-refractivity contribution in [1.82, 2.24) is 9.88 Å². The van der Waals surface area contributed by atoms with Gasteiger partial charge >= 0.3 is 5.88 Å². The molecule has 162 valence electrons. The molecule has 1 aliphatic rings. The molecule has 2 aromatic heterocycles. The number of fused-ring (bicyclic) bond motifs is 1. The summed E-state index contributed by atoms with van der Waals surface area (Å²) in [5, 5.41) is 15.6. The Morgan fingerprint density at radius 2 is 2.03 bits per heavy atom. The number of ether oxygens (including phenoxy) is 2. The van der Waals surface area contributed by atoms with E-state index < -0.39 is 16.7 Å². The van der Waals surface area contributed by atoms with Gasteiger partial charge in [-0.25, -0.2) is 4.98 Å². The first kappa shape index (κ1) is 20.8. The molecule has 11 heteroatoms. The second kappa shape index (κ2) is 8.74. The maximum Gasteiger partial charge on any atom is 0.433 e. The minimum Gasteiger partial charge on any atom is -0.493 e. The van der Waals surface area contributed by atoms with Gasteiger partial charge in [0.1, 0.15) is 4.92 Å². The van der Waals surface area contributed by atoms with Crippen LogP contribution < -0.4 is 14.8 Å². The van der Waals surface area contributed by atoms with Gasteiger partial charge in [-0.05, 0) is 35.7 Å². The van der Waals surface area contributed by atoms with E-state index in [0.717, 1.165) is 37.0 Å². The predicted octanol–water partition coefficient (Wildman–Crippen LogP) is 3.47. The second-order valence-electron chi connectivity index (χ2n) is 6.93. The molecular formula is C20H20N4O6S. The number of benzene rings is 1. The summed E-state index contributed by atoms with van der Waals surface area (Å²) >= 11 is 1.29. The van der Waals surface area contributed by atoms with E-state index in [2.05, 4.69) is 15.2 Å². The van der Waals surface area contributed by atoms with E-state index in [1.54, 1.807) is 14.2 Å². The Balaban J connectivity index is 1.39. The third kappa shape index (κ3) is 4.52. The molecule has 0 atom stereocenters. The number of hydrogen-bond donors (Lipinski definition) is 1. The van der Waals surface area contributed by atoms with Crippen LogP contribution in [0.2, 0.25) is 0 Å². The molecule has 0 radical (unpaired) electrons. The van der Waals surface area contributed by atoms with E-state index in [0.29, 0.717) is 17.4 Å². The molecule has 0 aliphatic carbocycles. The third-order valence-electron chi connectivity index (χ3n) is 4.95. The number of methoxy groups -OCH3 is 2. The molecule has 0 bridgehead atoms. The van der Waals surface area contributed by atoms with Gasteiger partial charge < -0.3 is 13.9 Å². The average Bonchev–Trinajstić information content (AvgIpc) is 3.42. The minimum atomic E-state index is -0.694. The van der Waals surface area contributed by atoms with Crippen LogP contribution in [0.1, 0.15) is 27.4 Å². The number of thiazole rings is 1. The van der Waals surface area contributed by atoms with Crippen LogP contribution in [0.15, 0.2) is 34.1 Å². The van der Waals surface area contributed by atoms with Crippen molar-refractivity contribution in [3.63, 3.8) is 0 Å². The summed E-state index contributed by atoms with van der Waals surface area (Å²) in [6.07, 6.45) is 0.890. The number of nitrogens with zero attached hydrogens (tertiary/aromatic N) is 3. The van der Waals surface area contributed by atoms with Gasteiger partial charge in [0.25, 0.3) is 5.91 Å². The smallest absolute Gasteiger partial charge is 0.433 e. The van der Waals surface area contributed by atoms with E-state index in [4.69, 9.17) is 13.9 Å². The molecule has 3 heterocycles. The Morgan fingerprint density at radius 3 is 2.71 bits per heavy atom. The lowest BCUT2D eigenvalue weighted by atomic mass is 9.98. The largest absolute Gasteiger partial charge is 0.493 e. The Kier molecular flexibility index (Phi) is 5.87. The monoisotopic (exact) mass is 444 g/mol. The summed E-state index contributed by atoms with van der Waals surface area (Å²) in [5.74, 6) is 0.239. The number of hydrogen-bond acceptors (Lipinski definition) is 9.